The predicted molar refractivity (Wildman–Crippen MR) is 87.6 cm³/mol. The van der Waals surface area contributed by atoms with Crippen LogP contribution in [0.3, 0.4) is 0 Å². The molecule has 24 heavy (non-hydrogen) atoms. The lowest BCUT2D eigenvalue weighted by atomic mass is 10.0. The fourth-order valence-corrected chi connectivity index (χ4v) is 4.58. The molecule has 2 aromatic rings. The normalized spacial score (nSPS) is 14.5. The molecule has 0 fully saturated rings. The van der Waals surface area contributed by atoms with E-state index in [0.717, 1.165) is 6.07 Å². The van der Waals surface area contributed by atoms with Crippen LogP contribution in [-0.2, 0) is 10.0 Å². The largest absolute Gasteiger partial charge is 0.495 e. The van der Waals surface area contributed by atoms with Crippen LogP contribution in [0.15, 0.2) is 41.3 Å². The molecule has 0 saturated carbocycles. The Labute approximate surface area is 139 Å². The number of halogens is 1. The first-order valence-corrected chi connectivity index (χ1v) is 8.79. The highest BCUT2D eigenvalue weighted by molar-refractivity contribution is 7.93. The molecule has 7 heteroatoms. The first-order valence-electron chi connectivity index (χ1n) is 7.35. The van der Waals surface area contributed by atoms with Crippen LogP contribution in [0.1, 0.15) is 22.3 Å². The lowest BCUT2D eigenvalue weighted by molar-refractivity contribution is 0.0981. The fraction of sp³-hybridized carbons (Fsp3) is 0.235. The van der Waals surface area contributed by atoms with Gasteiger partial charge in [-0.3, -0.25) is 9.10 Å². The average Bonchev–Trinajstić information content (AvgIpc) is 2.54. The van der Waals surface area contributed by atoms with Gasteiger partial charge in [0.25, 0.3) is 10.0 Å². The minimum absolute atomic E-state index is 0.00936. The molecular weight excluding hydrogens is 333 g/mol. The topological polar surface area (TPSA) is 63.7 Å². The lowest BCUT2D eigenvalue weighted by Crippen LogP contribution is -2.38. The summed E-state index contributed by atoms with van der Waals surface area (Å²) in [5, 5.41) is 0. The predicted octanol–water partition coefficient (Wildman–Crippen LogP) is 2.92. The van der Waals surface area contributed by atoms with Gasteiger partial charge in [0, 0.05) is 18.5 Å². The lowest BCUT2D eigenvalue weighted by Gasteiger charge is -2.31. The van der Waals surface area contributed by atoms with Crippen LogP contribution in [0.4, 0.5) is 10.1 Å². The number of methoxy groups -OCH3 is 1. The van der Waals surface area contributed by atoms with Crippen molar-refractivity contribution in [3.8, 4) is 5.75 Å². The molecule has 3 rings (SSSR count). The van der Waals surface area contributed by atoms with E-state index in [4.69, 9.17) is 4.74 Å². The number of hydrogen-bond donors (Lipinski definition) is 0. The second-order valence-corrected chi connectivity index (χ2v) is 7.35. The maximum atomic E-state index is 13.3. The Hall–Kier alpha value is -2.41. The molecule has 0 N–H and O–H groups in total. The number of ketones is 1. The number of anilines is 1. The number of ether oxygens (including phenoxy) is 1. The van der Waals surface area contributed by atoms with Crippen molar-refractivity contribution < 1.29 is 22.3 Å². The summed E-state index contributed by atoms with van der Waals surface area (Å²) in [5.41, 5.74) is 0.854. The number of hydrogen-bond acceptors (Lipinski definition) is 4. The summed E-state index contributed by atoms with van der Waals surface area (Å²) in [5.74, 6) is -0.326. The Morgan fingerprint density at radius 2 is 1.96 bits per heavy atom. The van der Waals surface area contributed by atoms with Crippen molar-refractivity contribution in [3.63, 3.8) is 0 Å². The number of Topliss-reactive ketones (excluding diaryl/α,β-unsaturated/α-hetero) is 1. The van der Waals surface area contributed by atoms with Gasteiger partial charge in [-0.15, -0.1) is 0 Å². The van der Waals surface area contributed by atoms with Gasteiger partial charge in [0.2, 0.25) is 0 Å². The number of para-hydroxylation sites is 1. The summed E-state index contributed by atoms with van der Waals surface area (Å²) in [6.07, 6.45) is 0.0830. The summed E-state index contributed by atoms with van der Waals surface area (Å²) >= 11 is 0. The van der Waals surface area contributed by atoms with Crippen molar-refractivity contribution in [2.24, 2.45) is 0 Å². The Morgan fingerprint density at radius 1 is 1.21 bits per heavy atom. The van der Waals surface area contributed by atoms with Gasteiger partial charge in [-0.25, -0.2) is 12.8 Å². The standard InChI is InChI=1S/C17H16FNO4S/c1-11-10-12(18)6-7-16(11)24(21,22)19-9-8-14(20)13-4-3-5-15(23-2)17(13)19/h3-7,10H,8-9H2,1-2H3. The quantitative estimate of drug-likeness (QED) is 0.855. The molecule has 0 amide bonds. The second-order valence-electron chi connectivity index (χ2n) is 5.52. The third-order valence-corrected chi connectivity index (χ3v) is 5.98. The molecule has 0 spiro atoms. The molecule has 5 nitrogen and oxygen atoms in total. The summed E-state index contributed by atoms with van der Waals surface area (Å²) in [6.45, 7) is 1.56. The first kappa shape index (κ1) is 16.4. The van der Waals surface area contributed by atoms with Gasteiger partial charge in [0.1, 0.15) is 17.3 Å². The molecule has 0 unspecified atom stereocenters. The number of benzene rings is 2. The Kier molecular flexibility index (Phi) is 4.04. The number of sulfonamides is 1. The smallest absolute Gasteiger partial charge is 0.264 e. The van der Waals surface area contributed by atoms with Crippen molar-refractivity contribution in [1.29, 1.82) is 0 Å². The SMILES string of the molecule is COc1cccc2c1N(S(=O)(=O)c1ccc(F)cc1C)CCC2=O. The van der Waals surface area contributed by atoms with Gasteiger partial charge in [0.05, 0.1) is 12.0 Å². The molecule has 1 aliphatic heterocycles. The zero-order valence-electron chi connectivity index (χ0n) is 13.2. The van der Waals surface area contributed by atoms with Crippen molar-refractivity contribution in [3.05, 3.63) is 53.3 Å². The molecule has 0 aliphatic carbocycles. The van der Waals surface area contributed by atoms with Crippen LogP contribution in [0, 0.1) is 12.7 Å². The van der Waals surface area contributed by atoms with Crippen molar-refractivity contribution in [2.45, 2.75) is 18.2 Å². The zero-order chi connectivity index (χ0) is 17.5. The van der Waals surface area contributed by atoms with Gasteiger partial charge < -0.3 is 4.74 Å². The Bertz CT molecular complexity index is 924. The van der Waals surface area contributed by atoms with Crippen molar-refractivity contribution in [2.75, 3.05) is 18.0 Å². The van der Waals surface area contributed by atoms with Crippen LogP contribution >= 0.6 is 0 Å². The number of aryl methyl sites for hydroxylation is 1. The summed E-state index contributed by atoms with van der Waals surface area (Å²) in [6, 6.07) is 8.36. The molecule has 126 valence electrons. The second kappa shape index (κ2) is 5.90. The van der Waals surface area contributed by atoms with Crippen molar-refractivity contribution >= 4 is 21.5 Å². The van der Waals surface area contributed by atoms with E-state index in [9.17, 15) is 17.6 Å². The Morgan fingerprint density at radius 3 is 2.62 bits per heavy atom. The molecule has 1 aliphatic rings. The molecule has 0 saturated heterocycles. The van der Waals surface area contributed by atoms with Crippen LogP contribution in [0.2, 0.25) is 0 Å². The molecule has 2 aromatic carbocycles. The number of carbonyl (C=O) groups is 1. The molecule has 0 radical (unpaired) electrons. The number of fused-ring (bicyclic) bond motifs is 1. The summed E-state index contributed by atoms with van der Waals surface area (Å²) < 4.78 is 45.9. The fourth-order valence-electron chi connectivity index (χ4n) is 2.88. The number of rotatable bonds is 3. The van der Waals surface area contributed by atoms with E-state index < -0.39 is 15.8 Å². The van der Waals surface area contributed by atoms with Gasteiger partial charge in [-0.2, -0.15) is 0 Å². The van der Waals surface area contributed by atoms with Crippen molar-refractivity contribution in [1.82, 2.24) is 0 Å². The first-order chi connectivity index (χ1) is 11.4. The molecule has 1 heterocycles. The third-order valence-electron chi connectivity index (χ3n) is 4.02. The van der Waals surface area contributed by atoms with E-state index in [0.29, 0.717) is 16.9 Å². The molecule has 0 atom stereocenters. The maximum absolute atomic E-state index is 13.3. The highest BCUT2D eigenvalue weighted by Gasteiger charge is 2.35. The van der Waals surface area contributed by atoms with E-state index in [1.807, 2.05) is 0 Å². The van der Waals surface area contributed by atoms with Crippen LogP contribution in [0.5, 0.6) is 5.75 Å². The van der Waals surface area contributed by atoms with Gasteiger partial charge in [-0.05, 0) is 42.8 Å². The summed E-state index contributed by atoms with van der Waals surface area (Å²) in [7, 11) is -2.53. The average molecular weight is 349 g/mol. The van der Waals surface area contributed by atoms with Crippen LogP contribution < -0.4 is 9.04 Å². The van der Waals surface area contributed by atoms with Gasteiger partial charge >= 0.3 is 0 Å². The third kappa shape index (κ3) is 2.54. The zero-order valence-corrected chi connectivity index (χ0v) is 14.1. The number of carbonyl (C=O) groups excluding carboxylic acids is 1. The van der Waals surface area contributed by atoms with Crippen LogP contribution in [-0.4, -0.2) is 27.9 Å². The van der Waals surface area contributed by atoms with Gasteiger partial charge in [0.15, 0.2) is 5.78 Å². The summed E-state index contributed by atoms with van der Waals surface area (Å²) in [4.78, 5) is 12.2. The van der Waals surface area contributed by atoms with E-state index in [2.05, 4.69) is 0 Å². The molecular formula is C17H16FNO4S. The van der Waals surface area contributed by atoms with E-state index in [1.165, 1.54) is 30.5 Å². The van der Waals surface area contributed by atoms with Crippen LogP contribution in [0.25, 0.3) is 0 Å². The maximum Gasteiger partial charge on any atom is 0.264 e. The molecule has 0 bridgehead atoms. The minimum Gasteiger partial charge on any atom is -0.495 e. The monoisotopic (exact) mass is 349 g/mol. The highest BCUT2D eigenvalue weighted by atomic mass is 32.2. The highest BCUT2D eigenvalue weighted by Crippen LogP contribution is 2.39. The van der Waals surface area contributed by atoms with E-state index in [-0.39, 0.29) is 29.3 Å². The van der Waals surface area contributed by atoms with E-state index >= 15 is 0 Å². The minimum atomic E-state index is -3.94. The molecule has 0 aromatic heterocycles. The Balaban J connectivity index is 2.21. The van der Waals surface area contributed by atoms with Gasteiger partial charge in [-0.1, -0.05) is 6.07 Å². The van der Waals surface area contributed by atoms with E-state index in [1.54, 1.807) is 18.2 Å². The number of nitrogens with zero attached hydrogens (tertiary/aromatic N) is 1.